The molecule has 0 bridgehead atoms. The lowest BCUT2D eigenvalue weighted by molar-refractivity contribution is 0.186. The Morgan fingerprint density at radius 1 is 1.22 bits per heavy atom. The number of pyridine rings is 2. The van der Waals surface area contributed by atoms with Gasteiger partial charge in [-0.15, -0.1) is 0 Å². The van der Waals surface area contributed by atoms with Crippen LogP contribution in [-0.4, -0.2) is 32.8 Å². The number of rotatable bonds is 4. The van der Waals surface area contributed by atoms with Gasteiger partial charge in [0.15, 0.2) is 0 Å². The molecule has 0 saturated heterocycles. The average Bonchev–Trinajstić information content (AvgIpc) is 2.92. The lowest BCUT2D eigenvalue weighted by atomic mass is 10.2. The van der Waals surface area contributed by atoms with Crippen LogP contribution in [0.3, 0.4) is 0 Å². The Bertz CT molecular complexity index is 1090. The third-order valence-electron chi connectivity index (χ3n) is 4.10. The lowest BCUT2D eigenvalue weighted by Gasteiger charge is -2.10. The van der Waals surface area contributed by atoms with E-state index in [1.54, 1.807) is 42.3 Å². The lowest BCUT2D eigenvalue weighted by Crippen LogP contribution is -2.21. The molecule has 0 aliphatic carbocycles. The van der Waals surface area contributed by atoms with Gasteiger partial charge in [0.05, 0.1) is 18.0 Å². The van der Waals surface area contributed by atoms with Crippen LogP contribution in [0.1, 0.15) is 22.8 Å². The third kappa shape index (κ3) is 4.27. The van der Waals surface area contributed by atoms with Crippen molar-refractivity contribution in [2.75, 3.05) is 13.7 Å². The van der Waals surface area contributed by atoms with Crippen molar-refractivity contribution in [3.8, 4) is 17.5 Å². The highest BCUT2D eigenvalue weighted by Gasteiger charge is 2.12. The predicted molar refractivity (Wildman–Crippen MR) is 104 cm³/mol. The van der Waals surface area contributed by atoms with E-state index in [1.807, 2.05) is 24.5 Å². The summed E-state index contributed by atoms with van der Waals surface area (Å²) in [4.78, 5) is 20.8. The Hall–Kier alpha value is -2.88. The second kappa shape index (κ2) is 8.21. The maximum Gasteiger partial charge on any atom is 0.252 e. The highest BCUT2D eigenvalue weighted by atomic mass is 35.5. The number of nitrogens with zero attached hydrogens (tertiary/aromatic N) is 4. The Morgan fingerprint density at radius 2 is 2.04 bits per heavy atom. The Labute approximate surface area is 162 Å². The van der Waals surface area contributed by atoms with Crippen molar-refractivity contribution < 1.29 is 4.74 Å². The van der Waals surface area contributed by atoms with E-state index >= 15 is 0 Å². The van der Waals surface area contributed by atoms with Crippen molar-refractivity contribution in [2.45, 2.75) is 20.4 Å². The third-order valence-corrected chi connectivity index (χ3v) is 4.31. The molecule has 3 heterocycles. The number of aryl methyl sites for hydroxylation is 1. The minimum Gasteiger partial charge on any atom is -0.383 e. The van der Waals surface area contributed by atoms with Crippen molar-refractivity contribution in [3.63, 3.8) is 0 Å². The van der Waals surface area contributed by atoms with Crippen LogP contribution in [0.15, 0.2) is 41.5 Å². The van der Waals surface area contributed by atoms with Gasteiger partial charge in [0.1, 0.15) is 16.7 Å². The first-order valence-electron chi connectivity index (χ1n) is 8.39. The molecule has 3 rings (SSSR count). The van der Waals surface area contributed by atoms with Crippen molar-refractivity contribution >= 4 is 11.6 Å². The van der Waals surface area contributed by atoms with E-state index in [1.165, 1.54) is 0 Å². The van der Waals surface area contributed by atoms with Gasteiger partial charge in [0, 0.05) is 37.7 Å². The van der Waals surface area contributed by atoms with E-state index in [-0.39, 0.29) is 5.56 Å². The summed E-state index contributed by atoms with van der Waals surface area (Å²) in [7, 11) is 1.61. The molecule has 0 aliphatic heterocycles. The Balaban J connectivity index is 1.95. The first-order chi connectivity index (χ1) is 13.0. The average molecular weight is 383 g/mol. The van der Waals surface area contributed by atoms with Crippen LogP contribution in [0, 0.1) is 25.7 Å². The molecule has 0 fully saturated rings. The second-order valence-corrected chi connectivity index (χ2v) is 6.34. The predicted octanol–water partition coefficient (Wildman–Crippen LogP) is 2.75. The molecule has 0 unspecified atom stereocenters. The zero-order valence-electron chi connectivity index (χ0n) is 15.4. The summed E-state index contributed by atoms with van der Waals surface area (Å²) >= 11 is 5.89. The highest BCUT2D eigenvalue weighted by Crippen LogP contribution is 2.16. The fraction of sp³-hybridized carbons (Fsp3) is 0.250. The maximum atomic E-state index is 12.3. The van der Waals surface area contributed by atoms with E-state index in [2.05, 4.69) is 21.8 Å². The quantitative estimate of drug-likeness (QED) is 0.514. The number of halogens is 1. The van der Waals surface area contributed by atoms with Crippen molar-refractivity contribution in [1.29, 1.82) is 0 Å². The molecular weight excluding hydrogens is 364 g/mol. The monoisotopic (exact) mass is 382 g/mol. The summed E-state index contributed by atoms with van der Waals surface area (Å²) < 4.78 is 8.56. The molecule has 0 saturated carbocycles. The van der Waals surface area contributed by atoms with E-state index in [4.69, 9.17) is 16.3 Å². The molecule has 3 aromatic rings. The van der Waals surface area contributed by atoms with Gasteiger partial charge in [0.25, 0.3) is 5.56 Å². The Kier molecular flexibility index (Phi) is 5.75. The zero-order chi connectivity index (χ0) is 19.4. The van der Waals surface area contributed by atoms with Crippen molar-refractivity contribution in [1.82, 2.24) is 19.1 Å². The number of methoxy groups -OCH3 is 1. The molecule has 0 radical (unpaired) electrons. The number of hydrogen-bond donors (Lipinski definition) is 0. The minimum atomic E-state index is -0.0869. The second-order valence-electron chi connectivity index (χ2n) is 5.96. The number of aromatic nitrogens is 4. The molecule has 138 valence electrons. The normalized spacial score (nSPS) is 10.5. The highest BCUT2D eigenvalue weighted by molar-refractivity contribution is 6.29. The van der Waals surface area contributed by atoms with Crippen LogP contribution in [0.4, 0.5) is 0 Å². The van der Waals surface area contributed by atoms with Crippen LogP contribution < -0.4 is 5.56 Å². The SMILES string of the molecule is COCCn1ccc(-n2c(C)nc(C#Cc3ccnc(Cl)c3)c2C)cc1=O. The standard InChI is InChI=1S/C20H19ClN4O2/c1-14-18(5-4-16-6-8-22-19(21)12-16)23-15(2)25(14)17-7-9-24(10-11-27-3)20(26)13-17/h6-9,12-13H,10-11H2,1-3H3. The minimum absolute atomic E-state index is 0.0869. The van der Waals surface area contributed by atoms with Gasteiger partial charge in [-0.2, -0.15) is 0 Å². The van der Waals surface area contributed by atoms with Crippen LogP contribution in [0.5, 0.6) is 0 Å². The van der Waals surface area contributed by atoms with Gasteiger partial charge in [0.2, 0.25) is 0 Å². The molecule has 0 spiro atoms. The molecule has 7 heteroatoms. The van der Waals surface area contributed by atoms with Gasteiger partial charge in [-0.3, -0.25) is 9.36 Å². The summed E-state index contributed by atoms with van der Waals surface area (Å²) in [5, 5.41) is 0.397. The van der Waals surface area contributed by atoms with Crippen LogP contribution in [-0.2, 0) is 11.3 Å². The van der Waals surface area contributed by atoms with Crippen LogP contribution in [0.25, 0.3) is 5.69 Å². The molecule has 0 aromatic carbocycles. The topological polar surface area (TPSA) is 61.9 Å². The molecule has 6 nitrogen and oxygen atoms in total. The van der Waals surface area contributed by atoms with Crippen LogP contribution >= 0.6 is 11.6 Å². The summed E-state index contributed by atoms with van der Waals surface area (Å²) in [6.45, 7) is 4.82. The van der Waals surface area contributed by atoms with Gasteiger partial charge in [-0.05, 0) is 38.0 Å². The van der Waals surface area contributed by atoms with Gasteiger partial charge in [-0.25, -0.2) is 9.97 Å². The van der Waals surface area contributed by atoms with Gasteiger partial charge < -0.3 is 9.30 Å². The molecule has 27 heavy (non-hydrogen) atoms. The molecule has 0 aliphatic rings. The summed E-state index contributed by atoms with van der Waals surface area (Å²) in [6, 6.07) is 6.97. The fourth-order valence-corrected chi connectivity index (χ4v) is 2.94. The maximum absolute atomic E-state index is 12.3. The van der Waals surface area contributed by atoms with Crippen molar-refractivity contribution in [3.05, 3.63) is 74.9 Å². The number of hydrogen-bond acceptors (Lipinski definition) is 4. The number of imidazole rings is 1. The van der Waals surface area contributed by atoms with E-state index in [0.717, 1.165) is 22.8 Å². The molecule has 0 amide bonds. The first kappa shape index (κ1) is 18.9. The van der Waals surface area contributed by atoms with Crippen LogP contribution in [0.2, 0.25) is 5.15 Å². The van der Waals surface area contributed by atoms with E-state index < -0.39 is 0 Å². The Morgan fingerprint density at radius 3 is 2.74 bits per heavy atom. The smallest absolute Gasteiger partial charge is 0.252 e. The zero-order valence-corrected chi connectivity index (χ0v) is 16.1. The molecule has 0 atom stereocenters. The molecule has 0 N–H and O–H groups in total. The summed E-state index contributed by atoms with van der Waals surface area (Å²) in [5.41, 5.74) is 2.97. The van der Waals surface area contributed by atoms with Crippen molar-refractivity contribution in [2.24, 2.45) is 0 Å². The first-order valence-corrected chi connectivity index (χ1v) is 8.76. The van der Waals surface area contributed by atoms with E-state index in [0.29, 0.717) is 24.0 Å². The van der Waals surface area contributed by atoms with Gasteiger partial charge in [-0.1, -0.05) is 17.5 Å². The number of ether oxygens (including phenoxy) is 1. The summed E-state index contributed by atoms with van der Waals surface area (Å²) in [5.74, 6) is 6.88. The largest absolute Gasteiger partial charge is 0.383 e. The molecule has 3 aromatic heterocycles. The fourth-order valence-electron chi connectivity index (χ4n) is 2.76. The summed E-state index contributed by atoms with van der Waals surface area (Å²) in [6.07, 6.45) is 3.38. The van der Waals surface area contributed by atoms with Gasteiger partial charge >= 0.3 is 0 Å². The molecular formula is C20H19ClN4O2. The van der Waals surface area contributed by atoms with E-state index in [9.17, 15) is 4.79 Å².